The van der Waals surface area contributed by atoms with Crippen LogP contribution >= 0.6 is 0 Å². The standard InChI is InChI=1S/C8H16N2O2/c9-3-1-2-8(11)10-4-6-12-7-5-10/h1-7,9H2. The third kappa shape index (κ3) is 2.79. The van der Waals surface area contributed by atoms with Crippen LogP contribution in [0, 0.1) is 0 Å². The topological polar surface area (TPSA) is 55.6 Å². The van der Waals surface area contributed by atoms with Crippen molar-refractivity contribution in [1.29, 1.82) is 0 Å². The molecule has 0 saturated carbocycles. The van der Waals surface area contributed by atoms with Gasteiger partial charge in [0.25, 0.3) is 0 Å². The molecule has 1 aliphatic rings. The minimum Gasteiger partial charge on any atom is -0.378 e. The van der Waals surface area contributed by atoms with E-state index in [-0.39, 0.29) is 5.91 Å². The summed E-state index contributed by atoms with van der Waals surface area (Å²) in [4.78, 5) is 13.2. The summed E-state index contributed by atoms with van der Waals surface area (Å²) in [7, 11) is 0. The maximum absolute atomic E-state index is 11.4. The molecule has 1 rings (SSSR count). The number of amides is 1. The lowest BCUT2D eigenvalue weighted by atomic mass is 10.2. The molecule has 4 nitrogen and oxygen atoms in total. The van der Waals surface area contributed by atoms with Gasteiger partial charge in [0.2, 0.25) is 5.91 Å². The molecule has 1 fully saturated rings. The zero-order chi connectivity index (χ0) is 8.81. The van der Waals surface area contributed by atoms with Crippen molar-refractivity contribution in [3.63, 3.8) is 0 Å². The van der Waals surface area contributed by atoms with Crippen LogP contribution in [0.1, 0.15) is 12.8 Å². The Morgan fingerprint density at radius 2 is 2.08 bits per heavy atom. The van der Waals surface area contributed by atoms with E-state index in [0.29, 0.717) is 26.2 Å². The fraction of sp³-hybridized carbons (Fsp3) is 0.875. The first-order valence-corrected chi connectivity index (χ1v) is 4.40. The van der Waals surface area contributed by atoms with Gasteiger partial charge >= 0.3 is 0 Å². The van der Waals surface area contributed by atoms with Gasteiger partial charge in [0, 0.05) is 19.5 Å². The number of morpholine rings is 1. The fourth-order valence-electron chi connectivity index (χ4n) is 1.22. The van der Waals surface area contributed by atoms with Crippen LogP contribution in [-0.2, 0) is 9.53 Å². The van der Waals surface area contributed by atoms with E-state index in [0.717, 1.165) is 19.5 Å². The zero-order valence-electron chi connectivity index (χ0n) is 7.29. The summed E-state index contributed by atoms with van der Waals surface area (Å²) >= 11 is 0. The Morgan fingerprint density at radius 3 is 2.67 bits per heavy atom. The summed E-state index contributed by atoms with van der Waals surface area (Å²) in [5.41, 5.74) is 5.31. The molecule has 0 spiro atoms. The van der Waals surface area contributed by atoms with E-state index < -0.39 is 0 Å². The molecule has 0 aromatic carbocycles. The van der Waals surface area contributed by atoms with Crippen LogP contribution < -0.4 is 5.73 Å². The Bertz CT molecular complexity index is 144. The second kappa shape index (κ2) is 5.11. The van der Waals surface area contributed by atoms with Crippen molar-refractivity contribution >= 4 is 5.91 Å². The highest BCUT2D eigenvalue weighted by atomic mass is 16.5. The zero-order valence-corrected chi connectivity index (χ0v) is 7.29. The number of hydrogen-bond donors (Lipinski definition) is 1. The molecule has 0 aromatic heterocycles. The molecule has 0 atom stereocenters. The molecule has 0 bridgehead atoms. The van der Waals surface area contributed by atoms with Gasteiger partial charge in [0.1, 0.15) is 0 Å². The van der Waals surface area contributed by atoms with Crippen LogP contribution in [-0.4, -0.2) is 43.7 Å². The van der Waals surface area contributed by atoms with Gasteiger partial charge in [-0.3, -0.25) is 4.79 Å². The Morgan fingerprint density at radius 1 is 1.42 bits per heavy atom. The van der Waals surface area contributed by atoms with Crippen LogP contribution in [0.4, 0.5) is 0 Å². The molecule has 2 N–H and O–H groups in total. The van der Waals surface area contributed by atoms with Gasteiger partial charge in [-0.15, -0.1) is 0 Å². The summed E-state index contributed by atoms with van der Waals surface area (Å²) in [5.74, 6) is 0.212. The molecule has 0 aliphatic carbocycles. The predicted molar refractivity (Wildman–Crippen MR) is 45.7 cm³/mol. The first-order valence-electron chi connectivity index (χ1n) is 4.40. The summed E-state index contributed by atoms with van der Waals surface area (Å²) in [6, 6.07) is 0. The normalized spacial score (nSPS) is 17.9. The van der Waals surface area contributed by atoms with E-state index >= 15 is 0 Å². The predicted octanol–water partition coefficient (Wildman–Crippen LogP) is -0.416. The number of nitrogens with zero attached hydrogens (tertiary/aromatic N) is 1. The van der Waals surface area contributed by atoms with E-state index in [1.54, 1.807) is 0 Å². The van der Waals surface area contributed by atoms with E-state index in [4.69, 9.17) is 10.5 Å². The second-order valence-electron chi connectivity index (χ2n) is 2.89. The second-order valence-corrected chi connectivity index (χ2v) is 2.89. The van der Waals surface area contributed by atoms with Gasteiger partial charge in [0.05, 0.1) is 13.2 Å². The number of ether oxygens (including phenoxy) is 1. The van der Waals surface area contributed by atoms with Crippen molar-refractivity contribution in [3.05, 3.63) is 0 Å². The molecule has 1 heterocycles. The Labute approximate surface area is 72.7 Å². The lowest BCUT2D eigenvalue weighted by Crippen LogP contribution is -2.40. The maximum atomic E-state index is 11.4. The molecule has 0 unspecified atom stereocenters. The number of carbonyl (C=O) groups is 1. The molecule has 1 aliphatic heterocycles. The van der Waals surface area contributed by atoms with Crippen LogP contribution in [0.2, 0.25) is 0 Å². The number of carbonyl (C=O) groups excluding carboxylic acids is 1. The van der Waals surface area contributed by atoms with E-state index in [2.05, 4.69) is 0 Å². The van der Waals surface area contributed by atoms with E-state index in [1.807, 2.05) is 4.90 Å². The van der Waals surface area contributed by atoms with Crippen LogP contribution in [0.5, 0.6) is 0 Å². The average molecular weight is 172 g/mol. The maximum Gasteiger partial charge on any atom is 0.222 e. The average Bonchev–Trinajstić information content (AvgIpc) is 2.15. The van der Waals surface area contributed by atoms with Crippen LogP contribution in [0.15, 0.2) is 0 Å². The summed E-state index contributed by atoms with van der Waals surface area (Å²) in [6.45, 7) is 3.42. The SMILES string of the molecule is NCCCC(=O)N1CCOCC1. The summed E-state index contributed by atoms with van der Waals surface area (Å²) in [5, 5.41) is 0. The Hall–Kier alpha value is -0.610. The first-order chi connectivity index (χ1) is 5.84. The molecule has 1 amide bonds. The minimum atomic E-state index is 0.212. The van der Waals surface area contributed by atoms with Gasteiger partial charge in [-0.05, 0) is 13.0 Å². The van der Waals surface area contributed by atoms with Gasteiger partial charge in [-0.25, -0.2) is 0 Å². The third-order valence-electron chi connectivity index (χ3n) is 1.96. The van der Waals surface area contributed by atoms with Crippen molar-refractivity contribution in [3.8, 4) is 0 Å². The van der Waals surface area contributed by atoms with Crippen molar-refractivity contribution in [2.24, 2.45) is 5.73 Å². The molecule has 70 valence electrons. The lowest BCUT2D eigenvalue weighted by molar-refractivity contribution is -0.135. The van der Waals surface area contributed by atoms with Crippen molar-refractivity contribution in [2.45, 2.75) is 12.8 Å². The number of hydrogen-bond acceptors (Lipinski definition) is 3. The molecular formula is C8H16N2O2. The van der Waals surface area contributed by atoms with Crippen molar-refractivity contribution in [2.75, 3.05) is 32.8 Å². The monoisotopic (exact) mass is 172 g/mol. The number of nitrogens with two attached hydrogens (primary N) is 1. The molecule has 0 radical (unpaired) electrons. The van der Waals surface area contributed by atoms with E-state index in [1.165, 1.54) is 0 Å². The van der Waals surface area contributed by atoms with Crippen molar-refractivity contribution in [1.82, 2.24) is 4.90 Å². The molecule has 0 aromatic rings. The van der Waals surface area contributed by atoms with Crippen LogP contribution in [0.25, 0.3) is 0 Å². The largest absolute Gasteiger partial charge is 0.378 e. The number of rotatable bonds is 3. The highest BCUT2D eigenvalue weighted by Crippen LogP contribution is 2.01. The summed E-state index contributed by atoms with van der Waals surface area (Å²) < 4.78 is 5.14. The van der Waals surface area contributed by atoms with Crippen molar-refractivity contribution < 1.29 is 9.53 Å². The van der Waals surface area contributed by atoms with Gasteiger partial charge in [-0.2, -0.15) is 0 Å². The van der Waals surface area contributed by atoms with Gasteiger partial charge in [-0.1, -0.05) is 0 Å². The molecule has 4 heteroatoms. The van der Waals surface area contributed by atoms with Gasteiger partial charge in [0.15, 0.2) is 0 Å². The smallest absolute Gasteiger partial charge is 0.222 e. The quantitative estimate of drug-likeness (QED) is 0.629. The highest BCUT2D eigenvalue weighted by molar-refractivity contribution is 5.76. The van der Waals surface area contributed by atoms with Crippen LogP contribution in [0.3, 0.4) is 0 Å². The van der Waals surface area contributed by atoms with E-state index in [9.17, 15) is 4.79 Å². The summed E-state index contributed by atoms with van der Waals surface area (Å²) in [6.07, 6.45) is 1.37. The molecule has 1 saturated heterocycles. The Kier molecular flexibility index (Phi) is 4.04. The highest BCUT2D eigenvalue weighted by Gasteiger charge is 2.15. The van der Waals surface area contributed by atoms with Gasteiger partial charge < -0.3 is 15.4 Å². The Balaban J connectivity index is 2.20. The first kappa shape index (κ1) is 9.48. The third-order valence-corrected chi connectivity index (χ3v) is 1.96. The fourth-order valence-corrected chi connectivity index (χ4v) is 1.22. The molecular weight excluding hydrogens is 156 g/mol. The minimum absolute atomic E-state index is 0.212. The molecule has 12 heavy (non-hydrogen) atoms. The lowest BCUT2D eigenvalue weighted by Gasteiger charge is -2.26.